The summed E-state index contributed by atoms with van der Waals surface area (Å²) in [6, 6.07) is 7.80. The maximum absolute atomic E-state index is 12.8. The van der Waals surface area contributed by atoms with E-state index in [0.29, 0.717) is 30.9 Å². The number of piperazine rings is 1. The molecule has 1 aliphatic heterocycles. The lowest BCUT2D eigenvalue weighted by Crippen LogP contribution is -2.54. The van der Waals surface area contributed by atoms with E-state index in [2.05, 4.69) is 11.8 Å². The van der Waals surface area contributed by atoms with Crippen molar-refractivity contribution in [2.24, 2.45) is 0 Å². The molecule has 0 bridgehead atoms. The van der Waals surface area contributed by atoms with Crippen molar-refractivity contribution in [3.63, 3.8) is 0 Å². The van der Waals surface area contributed by atoms with Gasteiger partial charge in [-0.15, -0.1) is 0 Å². The smallest absolute Gasteiger partial charge is 0.257 e. The maximum atomic E-state index is 12.8. The second kappa shape index (κ2) is 6.67. The number of ether oxygens (including phenoxy) is 1. The van der Waals surface area contributed by atoms with Crippen LogP contribution in [0.3, 0.4) is 0 Å². The fraction of sp³-hybridized carbons (Fsp3) is 0.588. The van der Waals surface area contributed by atoms with Gasteiger partial charge < -0.3 is 14.7 Å². The number of amides is 1. The molecule has 1 saturated heterocycles. The molecule has 0 aromatic heterocycles. The fourth-order valence-electron chi connectivity index (χ4n) is 2.92. The molecular formula is C17H24N2O3. The molecule has 0 spiro atoms. The molecule has 5 heteroatoms. The lowest BCUT2D eigenvalue weighted by molar-refractivity contribution is 0.0466. The Labute approximate surface area is 131 Å². The third-order valence-corrected chi connectivity index (χ3v) is 4.37. The van der Waals surface area contributed by atoms with Crippen molar-refractivity contribution in [3.05, 3.63) is 29.8 Å². The first-order valence-corrected chi connectivity index (χ1v) is 8.09. The van der Waals surface area contributed by atoms with Gasteiger partial charge in [0.25, 0.3) is 5.91 Å². The van der Waals surface area contributed by atoms with Crippen LogP contribution in [0.15, 0.2) is 24.3 Å². The molecule has 1 atom stereocenters. The van der Waals surface area contributed by atoms with E-state index in [1.807, 2.05) is 29.2 Å². The zero-order chi connectivity index (χ0) is 15.5. The van der Waals surface area contributed by atoms with Crippen LogP contribution < -0.4 is 4.74 Å². The van der Waals surface area contributed by atoms with Crippen molar-refractivity contribution in [2.45, 2.75) is 31.9 Å². The van der Waals surface area contributed by atoms with E-state index < -0.39 is 0 Å². The third kappa shape index (κ3) is 3.42. The highest BCUT2D eigenvalue weighted by Gasteiger charge is 2.30. The lowest BCUT2D eigenvalue weighted by atomic mass is 10.1. The minimum Gasteiger partial charge on any atom is -0.490 e. The summed E-state index contributed by atoms with van der Waals surface area (Å²) in [5, 5.41) is 9.08. The number of hydrogen-bond donors (Lipinski definition) is 1. The first kappa shape index (κ1) is 15.3. The Balaban J connectivity index is 1.69. The highest BCUT2D eigenvalue weighted by Crippen LogP contribution is 2.30. The van der Waals surface area contributed by atoms with Crippen molar-refractivity contribution >= 4 is 5.91 Å². The van der Waals surface area contributed by atoms with Crippen LogP contribution in [0.2, 0.25) is 0 Å². The average Bonchev–Trinajstić information content (AvgIpc) is 3.33. The summed E-state index contributed by atoms with van der Waals surface area (Å²) in [5.74, 6) is 0.757. The van der Waals surface area contributed by atoms with Crippen LogP contribution in [0, 0.1) is 0 Å². The number of rotatable bonds is 5. The number of β-amino-alcohol motifs (C(OH)–C–C–N with tert-alkyl or cyclic N) is 1. The number of nitrogens with zero attached hydrogens (tertiary/aromatic N) is 2. The standard InChI is InChI=1S/C17H24N2O3/c1-13-12-19(9-8-18(13)10-11-20)17(21)15-4-2-3-5-16(15)22-14-6-7-14/h2-5,13-14,20H,6-12H2,1H3. The van der Waals surface area contributed by atoms with Gasteiger partial charge >= 0.3 is 0 Å². The largest absolute Gasteiger partial charge is 0.490 e. The van der Waals surface area contributed by atoms with E-state index in [-0.39, 0.29) is 24.7 Å². The normalized spacial score (nSPS) is 22.6. The number of hydrogen-bond acceptors (Lipinski definition) is 4. The highest BCUT2D eigenvalue weighted by molar-refractivity contribution is 5.97. The summed E-state index contributed by atoms with van der Waals surface area (Å²) in [4.78, 5) is 16.9. The van der Waals surface area contributed by atoms with Crippen LogP contribution in [0.4, 0.5) is 0 Å². The van der Waals surface area contributed by atoms with Crippen LogP contribution in [-0.2, 0) is 0 Å². The van der Waals surface area contributed by atoms with E-state index in [0.717, 1.165) is 19.4 Å². The van der Waals surface area contributed by atoms with Gasteiger partial charge in [-0.05, 0) is 31.9 Å². The second-order valence-corrected chi connectivity index (χ2v) is 6.17. The Kier molecular flexibility index (Phi) is 4.64. The second-order valence-electron chi connectivity index (χ2n) is 6.17. The van der Waals surface area contributed by atoms with Crippen LogP contribution in [0.5, 0.6) is 5.75 Å². The molecule has 1 saturated carbocycles. The first-order chi connectivity index (χ1) is 10.7. The first-order valence-electron chi connectivity index (χ1n) is 8.09. The molecule has 1 unspecified atom stereocenters. The zero-order valence-electron chi connectivity index (χ0n) is 13.1. The zero-order valence-corrected chi connectivity index (χ0v) is 13.1. The van der Waals surface area contributed by atoms with E-state index in [1.54, 1.807) is 0 Å². The Morgan fingerprint density at radius 3 is 2.77 bits per heavy atom. The summed E-state index contributed by atoms with van der Waals surface area (Å²) >= 11 is 0. The minimum atomic E-state index is 0.0479. The summed E-state index contributed by atoms with van der Waals surface area (Å²) in [5.41, 5.74) is 0.664. The number of aliphatic hydroxyl groups excluding tert-OH is 1. The summed E-state index contributed by atoms with van der Waals surface area (Å²) in [6.45, 7) is 5.12. The summed E-state index contributed by atoms with van der Waals surface area (Å²) < 4.78 is 5.86. The van der Waals surface area contributed by atoms with E-state index in [4.69, 9.17) is 9.84 Å². The van der Waals surface area contributed by atoms with Gasteiger partial charge in [0, 0.05) is 32.2 Å². The molecule has 2 aliphatic rings. The molecule has 1 amide bonds. The number of para-hydroxylation sites is 1. The fourth-order valence-corrected chi connectivity index (χ4v) is 2.92. The van der Waals surface area contributed by atoms with E-state index in [9.17, 15) is 4.79 Å². The number of carbonyl (C=O) groups is 1. The van der Waals surface area contributed by atoms with Gasteiger partial charge in [-0.25, -0.2) is 0 Å². The maximum Gasteiger partial charge on any atom is 0.257 e. The molecular weight excluding hydrogens is 280 g/mol. The van der Waals surface area contributed by atoms with Crippen LogP contribution in [0.1, 0.15) is 30.1 Å². The number of carbonyl (C=O) groups excluding carboxylic acids is 1. The number of aliphatic hydroxyl groups is 1. The van der Waals surface area contributed by atoms with Crippen LogP contribution in [-0.4, -0.2) is 65.7 Å². The molecule has 1 aromatic rings. The van der Waals surface area contributed by atoms with Crippen molar-refractivity contribution in [3.8, 4) is 5.75 Å². The molecule has 1 aromatic carbocycles. The highest BCUT2D eigenvalue weighted by atomic mass is 16.5. The van der Waals surface area contributed by atoms with Gasteiger partial charge in [-0.3, -0.25) is 9.69 Å². The average molecular weight is 304 g/mol. The lowest BCUT2D eigenvalue weighted by Gasteiger charge is -2.39. The molecule has 22 heavy (non-hydrogen) atoms. The van der Waals surface area contributed by atoms with Gasteiger partial charge in [0.2, 0.25) is 0 Å². The topological polar surface area (TPSA) is 53.0 Å². The number of benzene rings is 1. The summed E-state index contributed by atoms with van der Waals surface area (Å²) in [7, 11) is 0. The molecule has 2 fully saturated rings. The van der Waals surface area contributed by atoms with Crippen LogP contribution in [0.25, 0.3) is 0 Å². The monoisotopic (exact) mass is 304 g/mol. The van der Waals surface area contributed by atoms with Gasteiger partial charge in [-0.2, -0.15) is 0 Å². The minimum absolute atomic E-state index is 0.0479. The molecule has 5 nitrogen and oxygen atoms in total. The van der Waals surface area contributed by atoms with Crippen molar-refractivity contribution in [2.75, 3.05) is 32.8 Å². The van der Waals surface area contributed by atoms with Gasteiger partial charge in [0.15, 0.2) is 0 Å². The molecule has 1 N–H and O–H groups in total. The predicted molar refractivity (Wildman–Crippen MR) is 84.1 cm³/mol. The van der Waals surface area contributed by atoms with Crippen LogP contribution >= 0.6 is 0 Å². The van der Waals surface area contributed by atoms with E-state index >= 15 is 0 Å². The third-order valence-electron chi connectivity index (χ3n) is 4.37. The molecule has 3 rings (SSSR count). The van der Waals surface area contributed by atoms with E-state index in [1.165, 1.54) is 0 Å². The Bertz CT molecular complexity index is 530. The summed E-state index contributed by atoms with van der Waals surface area (Å²) in [6.07, 6.45) is 2.45. The Hall–Kier alpha value is -1.59. The van der Waals surface area contributed by atoms with Crippen molar-refractivity contribution in [1.82, 2.24) is 9.80 Å². The van der Waals surface area contributed by atoms with Gasteiger partial charge in [-0.1, -0.05) is 12.1 Å². The molecule has 1 aliphatic carbocycles. The molecule has 120 valence electrons. The van der Waals surface area contributed by atoms with Crippen molar-refractivity contribution in [1.29, 1.82) is 0 Å². The Morgan fingerprint density at radius 2 is 2.09 bits per heavy atom. The van der Waals surface area contributed by atoms with Gasteiger partial charge in [0.1, 0.15) is 5.75 Å². The molecule has 0 radical (unpaired) electrons. The molecule has 1 heterocycles. The van der Waals surface area contributed by atoms with Gasteiger partial charge in [0.05, 0.1) is 18.3 Å². The Morgan fingerprint density at radius 1 is 1.32 bits per heavy atom. The SMILES string of the molecule is CC1CN(C(=O)c2ccccc2OC2CC2)CCN1CCO. The predicted octanol–water partition coefficient (Wildman–Crippen LogP) is 1.37. The van der Waals surface area contributed by atoms with Crippen molar-refractivity contribution < 1.29 is 14.6 Å². The quantitative estimate of drug-likeness (QED) is 0.892.